The van der Waals surface area contributed by atoms with Gasteiger partial charge in [0.05, 0.1) is 11.0 Å². The predicted octanol–water partition coefficient (Wildman–Crippen LogP) is 1.95. The largest absolute Gasteiger partial charge is 0.393 e. The summed E-state index contributed by atoms with van der Waals surface area (Å²) >= 11 is 1.50. The molecule has 0 bridgehead atoms. The molecule has 0 spiro atoms. The minimum absolute atomic E-state index is 0.0165. The van der Waals surface area contributed by atoms with E-state index in [4.69, 9.17) is 0 Å². The Balaban J connectivity index is 1.84. The second kappa shape index (κ2) is 4.97. The number of carbonyl (C=O) groups is 1. The SMILES string of the molecule is Cc1ccc(C(=O)NCC2CCCC2O)s1. The van der Waals surface area contributed by atoms with Gasteiger partial charge in [-0.3, -0.25) is 4.79 Å². The van der Waals surface area contributed by atoms with Gasteiger partial charge in [0.2, 0.25) is 0 Å². The molecule has 0 aromatic carbocycles. The van der Waals surface area contributed by atoms with Crippen molar-refractivity contribution in [1.82, 2.24) is 5.32 Å². The van der Waals surface area contributed by atoms with Crippen LogP contribution >= 0.6 is 11.3 Å². The van der Waals surface area contributed by atoms with Crippen LogP contribution in [0.15, 0.2) is 12.1 Å². The number of carbonyl (C=O) groups excluding carboxylic acids is 1. The fourth-order valence-corrected chi connectivity index (χ4v) is 2.91. The van der Waals surface area contributed by atoms with E-state index in [1.165, 1.54) is 11.3 Å². The highest BCUT2D eigenvalue weighted by atomic mass is 32.1. The van der Waals surface area contributed by atoms with Crippen molar-refractivity contribution in [3.05, 3.63) is 21.9 Å². The second-order valence-electron chi connectivity index (χ2n) is 4.38. The van der Waals surface area contributed by atoms with E-state index in [1.54, 1.807) is 0 Å². The number of hydrogen-bond donors (Lipinski definition) is 2. The Labute approximate surface area is 99.5 Å². The van der Waals surface area contributed by atoms with Crippen molar-refractivity contribution in [1.29, 1.82) is 0 Å². The third kappa shape index (κ3) is 2.62. The van der Waals surface area contributed by atoms with Crippen molar-refractivity contribution in [2.75, 3.05) is 6.54 Å². The van der Waals surface area contributed by atoms with E-state index in [9.17, 15) is 9.90 Å². The number of thiophene rings is 1. The van der Waals surface area contributed by atoms with Crippen LogP contribution in [0.3, 0.4) is 0 Å². The Hall–Kier alpha value is -0.870. The van der Waals surface area contributed by atoms with Crippen molar-refractivity contribution in [3.63, 3.8) is 0 Å². The smallest absolute Gasteiger partial charge is 0.261 e. The number of amides is 1. The molecule has 2 N–H and O–H groups in total. The van der Waals surface area contributed by atoms with E-state index in [0.717, 1.165) is 29.0 Å². The van der Waals surface area contributed by atoms with Crippen LogP contribution in [0.25, 0.3) is 0 Å². The molecule has 1 aliphatic rings. The Morgan fingerprint density at radius 3 is 2.94 bits per heavy atom. The molecule has 0 aliphatic heterocycles. The van der Waals surface area contributed by atoms with Gasteiger partial charge >= 0.3 is 0 Å². The minimum Gasteiger partial charge on any atom is -0.393 e. The van der Waals surface area contributed by atoms with Crippen LogP contribution in [-0.4, -0.2) is 23.7 Å². The van der Waals surface area contributed by atoms with Gasteiger partial charge in [-0.05, 0) is 31.9 Å². The number of aliphatic hydroxyl groups excluding tert-OH is 1. The Morgan fingerprint density at radius 2 is 2.38 bits per heavy atom. The average Bonchev–Trinajstić information content (AvgIpc) is 2.84. The zero-order chi connectivity index (χ0) is 11.5. The quantitative estimate of drug-likeness (QED) is 0.847. The van der Waals surface area contributed by atoms with Gasteiger partial charge < -0.3 is 10.4 Å². The van der Waals surface area contributed by atoms with Gasteiger partial charge in [0.25, 0.3) is 5.91 Å². The van der Waals surface area contributed by atoms with Crippen molar-refractivity contribution in [2.24, 2.45) is 5.92 Å². The van der Waals surface area contributed by atoms with Gasteiger partial charge in [-0.2, -0.15) is 0 Å². The summed E-state index contributed by atoms with van der Waals surface area (Å²) in [6.45, 7) is 2.58. The van der Waals surface area contributed by atoms with E-state index in [-0.39, 0.29) is 17.9 Å². The Kier molecular flexibility index (Phi) is 3.61. The molecule has 16 heavy (non-hydrogen) atoms. The number of aryl methyl sites for hydroxylation is 1. The highest BCUT2D eigenvalue weighted by Gasteiger charge is 2.25. The van der Waals surface area contributed by atoms with Crippen LogP contribution < -0.4 is 5.32 Å². The second-order valence-corrected chi connectivity index (χ2v) is 5.67. The van der Waals surface area contributed by atoms with E-state index in [0.29, 0.717) is 6.54 Å². The third-order valence-electron chi connectivity index (χ3n) is 3.11. The lowest BCUT2D eigenvalue weighted by atomic mass is 10.1. The van der Waals surface area contributed by atoms with Crippen LogP contribution in [-0.2, 0) is 0 Å². The summed E-state index contributed by atoms with van der Waals surface area (Å²) in [4.78, 5) is 13.6. The molecule has 1 aliphatic carbocycles. The molecule has 1 aromatic heterocycles. The summed E-state index contributed by atoms with van der Waals surface area (Å²) in [6, 6.07) is 3.80. The van der Waals surface area contributed by atoms with Crippen LogP contribution in [0.4, 0.5) is 0 Å². The Morgan fingerprint density at radius 1 is 1.56 bits per heavy atom. The summed E-state index contributed by atoms with van der Waals surface area (Å²) in [5, 5.41) is 12.5. The summed E-state index contributed by atoms with van der Waals surface area (Å²) in [5.41, 5.74) is 0. The molecule has 1 saturated carbocycles. The number of hydrogen-bond acceptors (Lipinski definition) is 3. The van der Waals surface area contributed by atoms with Crippen LogP contribution in [0.2, 0.25) is 0 Å². The van der Waals surface area contributed by atoms with Crippen molar-refractivity contribution < 1.29 is 9.90 Å². The van der Waals surface area contributed by atoms with E-state index in [1.807, 2.05) is 19.1 Å². The highest BCUT2D eigenvalue weighted by Crippen LogP contribution is 2.24. The van der Waals surface area contributed by atoms with Gasteiger partial charge in [-0.25, -0.2) is 0 Å². The molecule has 1 heterocycles. The van der Waals surface area contributed by atoms with E-state index in [2.05, 4.69) is 5.32 Å². The maximum Gasteiger partial charge on any atom is 0.261 e. The lowest BCUT2D eigenvalue weighted by molar-refractivity contribution is 0.0920. The first-order valence-corrected chi connectivity index (χ1v) is 6.51. The van der Waals surface area contributed by atoms with Gasteiger partial charge in [0.1, 0.15) is 0 Å². The highest BCUT2D eigenvalue weighted by molar-refractivity contribution is 7.13. The van der Waals surface area contributed by atoms with Crippen LogP contribution in [0, 0.1) is 12.8 Å². The molecular weight excluding hydrogens is 222 g/mol. The third-order valence-corrected chi connectivity index (χ3v) is 4.11. The summed E-state index contributed by atoms with van der Waals surface area (Å²) in [6.07, 6.45) is 2.73. The van der Waals surface area contributed by atoms with Gasteiger partial charge in [0.15, 0.2) is 0 Å². The monoisotopic (exact) mass is 239 g/mol. The maximum absolute atomic E-state index is 11.7. The number of rotatable bonds is 3. The molecule has 0 radical (unpaired) electrons. The zero-order valence-corrected chi connectivity index (χ0v) is 10.2. The first kappa shape index (κ1) is 11.6. The standard InChI is InChI=1S/C12H17NO2S/c1-8-5-6-11(16-8)12(15)13-7-9-3-2-4-10(9)14/h5-6,9-10,14H,2-4,7H2,1H3,(H,13,15). The molecule has 0 saturated heterocycles. The number of aliphatic hydroxyl groups is 1. The van der Waals surface area contributed by atoms with Gasteiger partial charge in [-0.1, -0.05) is 6.42 Å². The number of nitrogens with one attached hydrogen (secondary N) is 1. The summed E-state index contributed by atoms with van der Waals surface area (Å²) in [7, 11) is 0. The molecule has 88 valence electrons. The van der Waals surface area contributed by atoms with Crippen LogP contribution in [0.5, 0.6) is 0 Å². The molecule has 4 heteroatoms. The first-order chi connectivity index (χ1) is 7.66. The Bertz CT molecular complexity index is 375. The lowest BCUT2D eigenvalue weighted by Crippen LogP contribution is -2.31. The normalized spacial score (nSPS) is 24.6. The fraction of sp³-hybridized carbons (Fsp3) is 0.583. The van der Waals surface area contributed by atoms with Gasteiger partial charge in [0, 0.05) is 17.3 Å². The first-order valence-electron chi connectivity index (χ1n) is 5.69. The minimum atomic E-state index is -0.231. The van der Waals surface area contributed by atoms with Crippen molar-refractivity contribution in [2.45, 2.75) is 32.3 Å². The fourth-order valence-electron chi connectivity index (χ4n) is 2.12. The van der Waals surface area contributed by atoms with Crippen LogP contribution in [0.1, 0.15) is 33.8 Å². The molecule has 2 atom stereocenters. The molecule has 2 rings (SSSR count). The summed E-state index contributed by atoms with van der Waals surface area (Å²) < 4.78 is 0. The molecule has 1 aromatic rings. The maximum atomic E-state index is 11.7. The predicted molar refractivity (Wildman–Crippen MR) is 64.7 cm³/mol. The average molecular weight is 239 g/mol. The van der Waals surface area contributed by atoms with Crippen molar-refractivity contribution in [3.8, 4) is 0 Å². The molecule has 2 unspecified atom stereocenters. The molecule has 3 nitrogen and oxygen atoms in total. The zero-order valence-electron chi connectivity index (χ0n) is 9.40. The topological polar surface area (TPSA) is 49.3 Å². The molecular formula is C12H17NO2S. The van der Waals surface area contributed by atoms with Gasteiger partial charge in [-0.15, -0.1) is 11.3 Å². The molecule has 1 fully saturated rings. The molecule has 1 amide bonds. The lowest BCUT2D eigenvalue weighted by Gasteiger charge is -2.14. The summed E-state index contributed by atoms with van der Waals surface area (Å²) in [5.74, 6) is 0.224. The van der Waals surface area contributed by atoms with Crippen molar-refractivity contribution >= 4 is 17.2 Å². The van der Waals surface area contributed by atoms with E-state index < -0.39 is 0 Å². The van der Waals surface area contributed by atoms with E-state index >= 15 is 0 Å².